The Hall–Kier alpha value is -2.89. The van der Waals surface area contributed by atoms with Crippen molar-refractivity contribution in [1.82, 2.24) is 4.98 Å². The number of nitrogens with two attached hydrogens (primary N) is 1. The molecule has 6 heteroatoms. The molecule has 1 aliphatic rings. The van der Waals surface area contributed by atoms with Crippen molar-refractivity contribution in [3.63, 3.8) is 0 Å². The van der Waals surface area contributed by atoms with Gasteiger partial charge in [-0.15, -0.1) is 0 Å². The highest BCUT2D eigenvalue weighted by atomic mass is 16.4. The van der Waals surface area contributed by atoms with Crippen molar-refractivity contribution in [2.45, 2.75) is 38.5 Å². The smallest absolute Gasteiger partial charge is 0.339 e. The van der Waals surface area contributed by atoms with Crippen molar-refractivity contribution in [2.75, 3.05) is 5.73 Å². The SMILES string of the molecule is Nc1nc2oc3cc(CCC4CCCC4)ccc3c(=O)c2cc1C(=O)O. The lowest BCUT2D eigenvalue weighted by Crippen LogP contribution is -2.09. The third-order valence-electron chi connectivity index (χ3n) is 5.31. The predicted octanol–water partition coefficient (Wildman–Crippen LogP) is 3.74. The molecule has 26 heavy (non-hydrogen) atoms. The number of hydrogen-bond acceptors (Lipinski definition) is 5. The standard InChI is InChI=1S/C20H20N2O4/c21-18-15(20(24)25)10-14-17(23)13-8-7-12(6-5-11-3-1-2-4-11)9-16(13)26-19(14)22-18/h7-11H,1-6H2,(H2,21,22)(H,24,25). The highest BCUT2D eigenvalue weighted by Gasteiger charge is 2.17. The number of carboxylic acids is 1. The lowest BCUT2D eigenvalue weighted by atomic mass is 9.97. The third kappa shape index (κ3) is 2.92. The van der Waals surface area contributed by atoms with Gasteiger partial charge in [-0.3, -0.25) is 4.79 Å². The minimum absolute atomic E-state index is 0.0675. The molecule has 2 heterocycles. The summed E-state index contributed by atoms with van der Waals surface area (Å²) in [6.45, 7) is 0. The van der Waals surface area contributed by atoms with Gasteiger partial charge in [-0.05, 0) is 42.5 Å². The number of aromatic carboxylic acids is 1. The minimum atomic E-state index is -1.22. The Morgan fingerprint density at radius 1 is 1.23 bits per heavy atom. The quantitative estimate of drug-likeness (QED) is 0.693. The van der Waals surface area contributed by atoms with Gasteiger partial charge in [0.05, 0.1) is 10.8 Å². The van der Waals surface area contributed by atoms with Crippen molar-refractivity contribution in [2.24, 2.45) is 5.92 Å². The van der Waals surface area contributed by atoms with Crippen LogP contribution in [-0.2, 0) is 6.42 Å². The van der Waals surface area contributed by atoms with E-state index in [-0.39, 0.29) is 27.9 Å². The minimum Gasteiger partial charge on any atom is -0.478 e. The zero-order chi connectivity index (χ0) is 18.3. The molecule has 0 aliphatic heterocycles. The van der Waals surface area contributed by atoms with Crippen LogP contribution in [0.3, 0.4) is 0 Å². The number of hydrogen-bond donors (Lipinski definition) is 2. The van der Waals surface area contributed by atoms with E-state index in [4.69, 9.17) is 15.3 Å². The van der Waals surface area contributed by atoms with E-state index in [1.165, 1.54) is 31.7 Å². The third-order valence-corrected chi connectivity index (χ3v) is 5.31. The number of pyridine rings is 1. The fraction of sp³-hybridized carbons (Fsp3) is 0.350. The predicted molar refractivity (Wildman–Crippen MR) is 99.4 cm³/mol. The number of rotatable bonds is 4. The molecule has 2 aromatic heterocycles. The van der Waals surface area contributed by atoms with E-state index in [2.05, 4.69) is 4.98 Å². The second-order valence-corrected chi connectivity index (χ2v) is 7.03. The summed E-state index contributed by atoms with van der Waals surface area (Å²) in [6.07, 6.45) is 7.38. The van der Waals surface area contributed by atoms with Gasteiger partial charge in [-0.2, -0.15) is 4.98 Å². The number of benzene rings is 1. The summed E-state index contributed by atoms with van der Waals surface area (Å²) < 4.78 is 5.77. The van der Waals surface area contributed by atoms with Crippen molar-refractivity contribution in [3.8, 4) is 0 Å². The van der Waals surface area contributed by atoms with Crippen molar-refractivity contribution < 1.29 is 14.3 Å². The summed E-state index contributed by atoms with van der Waals surface area (Å²) in [6, 6.07) is 6.82. The summed E-state index contributed by atoms with van der Waals surface area (Å²) in [5.41, 5.74) is 6.84. The Balaban J connectivity index is 1.76. The molecule has 3 aromatic rings. The van der Waals surface area contributed by atoms with E-state index in [1.54, 1.807) is 6.07 Å². The first-order valence-corrected chi connectivity index (χ1v) is 8.92. The van der Waals surface area contributed by atoms with Gasteiger partial charge in [-0.1, -0.05) is 31.7 Å². The molecule has 0 bridgehead atoms. The lowest BCUT2D eigenvalue weighted by molar-refractivity contribution is 0.0698. The average Bonchev–Trinajstić information content (AvgIpc) is 3.12. The van der Waals surface area contributed by atoms with Crippen LogP contribution in [0.25, 0.3) is 22.1 Å². The van der Waals surface area contributed by atoms with E-state index in [0.717, 1.165) is 24.3 Å². The molecule has 1 aliphatic carbocycles. The van der Waals surface area contributed by atoms with E-state index in [0.29, 0.717) is 11.0 Å². The molecule has 1 saturated carbocycles. The monoisotopic (exact) mass is 352 g/mol. The Kier molecular flexibility index (Phi) is 4.11. The van der Waals surface area contributed by atoms with Gasteiger partial charge in [0.2, 0.25) is 11.1 Å². The molecule has 0 atom stereocenters. The van der Waals surface area contributed by atoms with Crippen molar-refractivity contribution >= 4 is 33.9 Å². The van der Waals surface area contributed by atoms with E-state index in [1.807, 2.05) is 12.1 Å². The molecule has 0 spiro atoms. The van der Waals surface area contributed by atoms with Gasteiger partial charge >= 0.3 is 5.97 Å². The first kappa shape index (κ1) is 16.6. The first-order valence-electron chi connectivity index (χ1n) is 8.92. The highest BCUT2D eigenvalue weighted by molar-refractivity contribution is 5.98. The van der Waals surface area contributed by atoms with Crippen LogP contribution in [0.2, 0.25) is 0 Å². The Morgan fingerprint density at radius 3 is 2.73 bits per heavy atom. The maximum absolute atomic E-state index is 12.7. The summed E-state index contributed by atoms with van der Waals surface area (Å²) in [4.78, 5) is 27.9. The fourth-order valence-corrected chi connectivity index (χ4v) is 3.83. The molecule has 4 rings (SSSR count). The van der Waals surface area contributed by atoms with Gasteiger partial charge in [-0.25, -0.2) is 4.79 Å². The molecular weight excluding hydrogens is 332 g/mol. The number of aromatic nitrogens is 1. The zero-order valence-electron chi connectivity index (χ0n) is 14.3. The van der Waals surface area contributed by atoms with Gasteiger partial charge in [0.15, 0.2) is 0 Å². The summed E-state index contributed by atoms with van der Waals surface area (Å²) >= 11 is 0. The summed E-state index contributed by atoms with van der Waals surface area (Å²) in [5, 5.41) is 9.71. The largest absolute Gasteiger partial charge is 0.478 e. The van der Waals surface area contributed by atoms with E-state index in [9.17, 15) is 9.59 Å². The van der Waals surface area contributed by atoms with Crippen LogP contribution in [0, 0.1) is 5.92 Å². The molecule has 0 radical (unpaired) electrons. The second-order valence-electron chi connectivity index (χ2n) is 7.03. The number of anilines is 1. The molecule has 0 amide bonds. The maximum Gasteiger partial charge on any atom is 0.339 e. The zero-order valence-corrected chi connectivity index (χ0v) is 14.3. The van der Waals surface area contributed by atoms with Gasteiger partial charge in [0.25, 0.3) is 0 Å². The van der Waals surface area contributed by atoms with Crippen LogP contribution in [0.15, 0.2) is 33.5 Å². The van der Waals surface area contributed by atoms with Crippen LogP contribution in [-0.4, -0.2) is 16.1 Å². The van der Waals surface area contributed by atoms with Crippen molar-refractivity contribution in [3.05, 3.63) is 45.6 Å². The molecule has 0 unspecified atom stereocenters. The number of nitrogen functional groups attached to an aromatic ring is 1. The van der Waals surface area contributed by atoms with E-state index >= 15 is 0 Å². The first-order chi connectivity index (χ1) is 12.5. The highest BCUT2D eigenvalue weighted by Crippen LogP contribution is 2.29. The lowest BCUT2D eigenvalue weighted by Gasteiger charge is -2.09. The summed E-state index contributed by atoms with van der Waals surface area (Å²) in [7, 11) is 0. The topological polar surface area (TPSA) is 106 Å². The normalized spacial score (nSPS) is 15.1. The van der Waals surface area contributed by atoms with Crippen LogP contribution in [0.5, 0.6) is 0 Å². The molecule has 134 valence electrons. The average molecular weight is 352 g/mol. The van der Waals surface area contributed by atoms with Gasteiger partial charge in [0, 0.05) is 0 Å². The number of nitrogens with zero attached hydrogens (tertiary/aromatic N) is 1. The fourth-order valence-electron chi connectivity index (χ4n) is 3.83. The molecule has 6 nitrogen and oxygen atoms in total. The maximum atomic E-state index is 12.7. The Labute approximate surface area is 149 Å². The molecule has 1 fully saturated rings. The number of fused-ring (bicyclic) bond motifs is 2. The van der Waals surface area contributed by atoms with Crippen LogP contribution in [0.4, 0.5) is 5.82 Å². The molecular formula is C20H20N2O4. The molecule has 0 saturated heterocycles. The van der Waals surface area contributed by atoms with Crippen LogP contribution in [0.1, 0.15) is 48.0 Å². The van der Waals surface area contributed by atoms with Crippen LogP contribution >= 0.6 is 0 Å². The van der Waals surface area contributed by atoms with Gasteiger partial charge in [0.1, 0.15) is 17.0 Å². The number of carboxylic acid groups (broad SMARTS) is 1. The summed E-state index contributed by atoms with van der Waals surface area (Å²) in [5.74, 6) is -0.589. The van der Waals surface area contributed by atoms with Crippen LogP contribution < -0.4 is 11.2 Å². The molecule has 3 N–H and O–H groups in total. The van der Waals surface area contributed by atoms with Gasteiger partial charge < -0.3 is 15.3 Å². The van der Waals surface area contributed by atoms with E-state index < -0.39 is 5.97 Å². The molecule has 1 aromatic carbocycles. The van der Waals surface area contributed by atoms with Crippen molar-refractivity contribution in [1.29, 1.82) is 0 Å². The Bertz CT molecular complexity index is 1060. The number of carbonyl (C=O) groups is 1. The Morgan fingerprint density at radius 2 is 2.00 bits per heavy atom. The second kappa shape index (κ2) is 6.44. The number of aryl methyl sites for hydroxylation is 1.